The molecule has 0 aliphatic carbocycles. The Bertz CT molecular complexity index is 586. The first-order chi connectivity index (χ1) is 8.63. The van der Waals surface area contributed by atoms with Crippen LogP contribution in [0.4, 0.5) is 0 Å². The van der Waals surface area contributed by atoms with Crippen molar-refractivity contribution in [1.82, 2.24) is 4.98 Å². The van der Waals surface area contributed by atoms with Crippen LogP contribution in [0.1, 0.15) is 18.0 Å². The maximum Gasteiger partial charge on any atom is 0.307 e. The standard InChI is InChI=1S/C13H13ClN2O2/c1-18-12(17)7-11(15)9-4-5-10(14)8-3-2-6-16-13(8)9/h2-6,11H,7,15H2,1H3/t11-/m0/s1. The fourth-order valence-corrected chi connectivity index (χ4v) is 2.05. The molecule has 2 aromatic rings. The Kier molecular flexibility index (Phi) is 3.79. The molecule has 0 amide bonds. The van der Waals surface area contributed by atoms with Gasteiger partial charge in [0, 0.05) is 22.6 Å². The van der Waals surface area contributed by atoms with E-state index in [9.17, 15) is 4.79 Å². The average Bonchev–Trinajstić information content (AvgIpc) is 2.39. The topological polar surface area (TPSA) is 65.2 Å². The molecular weight excluding hydrogens is 252 g/mol. The van der Waals surface area contributed by atoms with Crippen LogP contribution in [0.25, 0.3) is 10.9 Å². The van der Waals surface area contributed by atoms with Crippen molar-refractivity contribution >= 4 is 28.5 Å². The summed E-state index contributed by atoms with van der Waals surface area (Å²) in [7, 11) is 1.34. The van der Waals surface area contributed by atoms with E-state index in [-0.39, 0.29) is 12.4 Å². The van der Waals surface area contributed by atoms with E-state index in [4.69, 9.17) is 17.3 Å². The molecule has 4 nitrogen and oxygen atoms in total. The summed E-state index contributed by atoms with van der Waals surface area (Å²) >= 11 is 6.09. The fourth-order valence-electron chi connectivity index (χ4n) is 1.83. The molecule has 0 fully saturated rings. The molecule has 0 saturated heterocycles. The molecule has 0 aliphatic rings. The number of aromatic nitrogens is 1. The van der Waals surface area contributed by atoms with Gasteiger partial charge in [0.2, 0.25) is 0 Å². The minimum Gasteiger partial charge on any atom is -0.469 e. The molecule has 1 aromatic heterocycles. The van der Waals surface area contributed by atoms with Crippen molar-refractivity contribution in [2.45, 2.75) is 12.5 Å². The summed E-state index contributed by atoms with van der Waals surface area (Å²) in [5, 5.41) is 1.45. The van der Waals surface area contributed by atoms with Gasteiger partial charge in [-0.1, -0.05) is 17.7 Å². The molecule has 2 N–H and O–H groups in total. The smallest absolute Gasteiger partial charge is 0.307 e. The first-order valence-corrected chi connectivity index (χ1v) is 5.87. The number of benzene rings is 1. The highest BCUT2D eigenvalue weighted by Gasteiger charge is 2.16. The minimum atomic E-state index is -0.452. The number of methoxy groups -OCH3 is 1. The first-order valence-electron chi connectivity index (χ1n) is 5.49. The predicted octanol–water partition coefficient (Wildman–Crippen LogP) is 2.45. The average molecular weight is 265 g/mol. The summed E-state index contributed by atoms with van der Waals surface area (Å²) < 4.78 is 4.61. The van der Waals surface area contributed by atoms with E-state index in [0.29, 0.717) is 5.02 Å². The number of rotatable bonds is 3. The third kappa shape index (κ3) is 2.44. The van der Waals surface area contributed by atoms with Crippen LogP contribution in [0, 0.1) is 0 Å². The van der Waals surface area contributed by atoms with Gasteiger partial charge in [-0.3, -0.25) is 9.78 Å². The number of ether oxygens (including phenoxy) is 1. The molecular formula is C13H13ClN2O2. The maximum absolute atomic E-state index is 11.2. The van der Waals surface area contributed by atoms with Gasteiger partial charge in [-0.05, 0) is 23.8 Å². The Morgan fingerprint density at radius 1 is 1.50 bits per heavy atom. The number of pyridine rings is 1. The number of esters is 1. The van der Waals surface area contributed by atoms with Gasteiger partial charge in [0.1, 0.15) is 0 Å². The van der Waals surface area contributed by atoms with E-state index in [1.165, 1.54) is 7.11 Å². The van der Waals surface area contributed by atoms with Crippen LogP contribution in [0.2, 0.25) is 5.02 Å². The summed E-state index contributed by atoms with van der Waals surface area (Å²) in [5.74, 6) is -0.346. The first kappa shape index (κ1) is 12.8. The molecule has 0 spiro atoms. The van der Waals surface area contributed by atoms with E-state index in [1.807, 2.05) is 12.1 Å². The normalized spacial score (nSPS) is 12.4. The number of hydrogen-bond donors (Lipinski definition) is 1. The number of carbonyl (C=O) groups excluding carboxylic acids is 1. The van der Waals surface area contributed by atoms with Gasteiger partial charge < -0.3 is 10.5 Å². The molecule has 18 heavy (non-hydrogen) atoms. The highest BCUT2D eigenvalue weighted by molar-refractivity contribution is 6.35. The third-order valence-corrected chi connectivity index (χ3v) is 3.09. The molecule has 0 unspecified atom stereocenters. The van der Waals surface area contributed by atoms with E-state index in [0.717, 1.165) is 16.5 Å². The lowest BCUT2D eigenvalue weighted by Gasteiger charge is -2.13. The summed E-state index contributed by atoms with van der Waals surface area (Å²) in [4.78, 5) is 15.5. The largest absolute Gasteiger partial charge is 0.469 e. The lowest BCUT2D eigenvalue weighted by atomic mass is 10.0. The van der Waals surface area contributed by atoms with E-state index < -0.39 is 6.04 Å². The third-order valence-electron chi connectivity index (χ3n) is 2.76. The van der Waals surface area contributed by atoms with Gasteiger partial charge in [0.05, 0.1) is 19.0 Å². The van der Waals surface area contributed by atoms with Crippen LogP contribution >= 0.6 is 11.6 Å². The molecule has 0 bridgehead atoms. The lowest BCUT2D eigenvalue weighted by molar-refractivity contribution is -0.141. The number of fused-ring (bicyclic) bond motifs is 1. The summed E-state index contributed by atoms with van der Waals surface area (Å²) in [6.45, 7) is 0. The Hall–Kier alpha value is -1.65. The second-order valence-corrected chi connectivity index (χ2v) is 4.33. The van der Waals surface area contributed by atoms with Crippen molar-refractivity contribution in [1.29, 1.82) is 0 Å². The summed E-state index contributed by atoms with van der Waals surface area (Å²) in [6.07, 6.45) is 1.79. The van der Waals surface area contributed by atoms with E-state index in [1.54, 1.807) is 18.3 Å². The van der Waals surface area contributed by atoms with Gasteiger partial charge in [0.25, 0.3) is 0 Å². The summed E-state index contributed by atoms with van der Waals surface area (Å²) in [5.41, 5.74) is 7.52. The molecule has 94 valence electrons. The van der Waals surface area contributed by atoms with Crippen molar-refractivity contribution < 1.29 is 9.53 Å². The molecule has 2 rings (SSSR count). The van der Waals surface area contributed by atoms with Crippen LogP contribution in [0.3, 0.4) is 0 Å². The Morgan fingerprint density at radius 2 is 2.28 bits per heavy atom. The van der Waals surface area contributed by atoms with Crippen molar-refractivity contribution in [2.75, 3.05) is 7.11 Å². The van der Waals surface area contributed by atoms with E-state index >= 15 is 0 Å². The van der Waals surface area contributed by atoms with Crippen LogP contribution in [-0.4, -0.2) is 18.1 Å². The molecule has 1 aromatic carbocycles. The monoisotopic (exact) mass is 264 g/mol. The molecule has 5 heteroatoms. The highest BCUT2D eigenvalue weighted by Crippen LogP contribution is 2.28. The number of nitrogens with two attached hydrogens (primary N) is 1. The number of halogens is 1. The molecule has 1 heterocycles. The summed E-state index contributed by atoms with van der Waals surface area (Å²) in [6, 6.07) is 6.79. The second kappa shape index (κ2) is 5.33. The quantitative estimate of drug-likeness (QED) is 0.865. The van der Waals surface area contributed by atoms with E-state index in [2.05, 4.69) is 9.72 Å². The van der Waals surface area contributed by atoms with Crippen LogP contribution < -0.4 is 5.73 Å². The fraction of sp³-hybridized carbons (Fsp3) is 0.231. The van der Waals surface area contributed by atoms with Crippen molar-refractivity contribution in [3.63, 3.8) is 0 Å². The van der Waals surface area contributed by atoms with Crippen LogP contribution in [-0.2, 0) is 9.53 Å². The Labute approximate surface area is 110 Å². The zero-order valence-electron chi connectivity index (χ0n) is 9.89. The zero-order chi connectivity index (χ0) is 13.1. The second-order valence-electron chi connectivity index (χ2n) is 3.92. The van der Waals surface area contributed by atoms with Gasteiger partial charge >= 0.3 is 5.97 Å². The number of carbonyl (C=O) groups is 1. The van der Waals surface area contributed by atoms with Gasteiger partial charge in [-0.15, -0.1) is 0 Å². The maximum atomic E-state index is 11.2. The van der Waals surface area contributed by atoms with Crippen molar-refractivity contribution in [2.24, 2.45) is 5.73 Å². The Balaban J connectivity index is 2.45. The molecule has 0 saturated carbocycles. The van der Waals surface area contributed by atoms with Gasteiger partial charge in [-0.25, -0.2) is 0 Å². The zero-order valence-corrected chi connectivity index (χ0v) is 10.6. The highest BCUT2D eigenvalue weighted by atomic mass is 35.5. The van der Waals surface area contributed by atoms with Gasteiger partial charge in [0.15, 0.2) is 0 Å². The SMILES string of the molecule is COC(=O)C[C@H](N)c1ccc(Cl)c2cccnc12. The van der Waals surface area contributed by atoms with Crippen LogP contribution in [0.5, 0.6) is 0 Å². The minimum absolute atomic E-state index is 0.115. The van der Waals surface area contributed by atoms with Crippen molar-refractivity contribution in [3.8, 4) is 0 Å². The molecule has 1 atom stereocenters. The molecule has 0 radical (unpaired) electrons. The number of hydrogen-bond acceptors (Lipinski definition) is 4. The van der Waals surface area contributed by atoms with Crippen LogP contribution in [0.15, 0.2) is 30.5 Å². The predicted molar refractivity (Wildman–Crippen MR) is 70.3 cm³/mol. The lowest BCUT2D eigenvalue weighted by Crippen LogP contribution is -2.16. The van der Waals surface area contributed by atoms with Crippen molar-refractivity contribution in [3.05, 3.63) is 41.0 Å². The number of nitrogens with zero attached hydrogens (tertiary/aromatic N) is 1. The Morgan fingerprint density at radius 3 is 3.00 bits per heavy atom. The molecule has 0 aliphatic heterocycles. The van der Waals surface area contributed by atoms with Gasteiger partial charge in [-0.2, -0.15) is 0 Å².